The molecule has 0 fully saturated rings. The van der Waals surface area contributed by atoms with Gasteiger partial charge in [0.25, 0.3) is 0 Å². The van der Waals surface area contributed by atoms with Gasteiger partial charge in [-0.15, -0.1) is 0 Å². The minimum absolute atomic E-state index is 0.465. The van der Waals surface area contributed by atoms with E-state index in [4.69, 9.17) is 4.52 Å². The fourth-order valence-electron chi connectivity index (χ4n) is 1.79. The topological polar surface area (TPSA) is 46.5 Å². The maximum absolute atomic E-state index is 11.6. The molecule has 0 aliphatic carbocycles. The molecule has 96 valence electrons. The third-order valence-corrected chi connectivity index (χ3v) is 4.19. The molecule has 0 radical (unpaired) electrons. The Morgan fingerprint density at radius 1 is 1.31 bits per heavy atom. The van der Waals surface area contributed by atoms with Crippen LogP contribution in [0.5, 0.6) is 0 Å². The third-order valence-electron chi connectivity index (χ3n) is 3.08. The lowest BCUT2D eigenvalue weighted by Crippen LogP contribution is -2.29. The summed E-state index contributed by atoms with van der Waals surface area (Å²) in [6.45, 7) is 9.48. The summed E-state index contributed by atoms with van der Waals surface area (Å²) in [6, 6.07) is 0. The summed E-state index contributed by atoms with van der Waals surface area (Å²) in [5, 5.41) is 0. The molecular formula is C12H25O3P. The smallest absolute Gasteiger partial charge is 0.321 e. The van der Waals surface area contributed by atoms with Gasteiger partial charge in [-0.25, -0.2) is 0 Å². The predicted octanol–water partition coefficient (Wildman–Crippen LogP) is 4.47. The second kappa shape index (κ2) is 7.26. The zero-order valence-electron chi connectivity index (χ0n) is 10.7. The first-order valence-electron chi connectivity index (χ1n) is 6.12. The molecule has 0 heterocycles. The van der Waals surface area contributed by atoms with Crippen LogP contribution in [0.1, 0.15) is 59.3 Å². The first kappa shape index (κ1) is 15.9. The van der Waals surface area contributed by atoms with E-state index in [1.807, 2.05) is 13.8 Å². The van der Waals surface area contributed by atoms with Gasteiger partial charge in [-0.3, -0.25) is 9.09 Å². The third kappa shape index (κ3) is 5.29. The SMILES string of the molecule is C=CP(=O)(O)OC(CC)(CC)CCCCC. The van der Waals surface area contributed by atoms with Crippen molar-refractivity contribution in [2.75, 3.05) is 0 Å². The Hall–Kier alpha value is -0.110. The van der Waals surface area contributed by atoms with E-state index in [0.717, 1.165) is 44.3 Å². The number of hydrogen-bond donors (Lipinski definition) is 1. The maximum Gasteiger partial charge on any atom is 0.351 e. The van der Waals surface area contributed by atoms with Gasteiger partial charge in [-0.1, -0.05) is 46.6 Å². The summed E-state index contributed by atoms with van der Waals surface area (Å²) in [7, 11) is -3.61. The summed E-state index contributed by atoms with van der Waals surface area (Å²) in [4.78, 5) is 9.49. The molecule has 0 rings (SSSR count). The van der Waals surface area contributed by atoms with Gasteiger partial charge < -0.3 is 4.89 Å². The lowest BCUT2D eigenvalue weighted by Gasteiger charge is -2.32. The van der Waals surface area contributed by atoms with Crippen molar-refractivity contribution in [3.8, 4) is 0 Å². The van der Waals surface area contributed by atoms with Crippen LogP contribution in [-0.4, -0.2) is 10.5 Å². The highest BCUT2D eigenvalue weighted by molar-refractivity contribution is 7.56. The largest absolute Gasteiger partial charge is 0.351 e. The molecule has 0 amide bonds. The summed E-state index contributed by atoms with van der Waals surface area (Å²) >= 11 is 0. The van der Waals surface area contributed by atoms with Crippen molar-refractivity contribution in [1.29, 1.82) is 0 Å². The molecule has 1 unspecified atom stereocenters. The number of hydrogen-bond acceptors (Lipinski definition) is 2. The molecule has 3 nitrogen and oxygen atoms in total. The molecule has 0 aromatic heterocycles. The molecule has 0 aromatic carbocycles. The summed E-state index contributed by atoms with van der Waals surface area (Å²) in [6.07, 6.45) is 5.66. The van der Waals surface area contributed by atoms with Crippen LogP contribution in [0.3, 0.4) is 0 Å². The minimum Gasteiger partial charge on any atom is -0.321 e. The lowest BCUT2D eigenvalue weighted by molar-refractivity contribution is 0.0398. The zero-order chi connectivity index (χ0) is 12.7. The number of unbranched alkanes of at least 4 members (excludes halogenated alkanes) is 2. The van der Waals surface area contributed by atoms with E-state index in [0.29, 0.717) is 0 Å². The second-order valence-corrected chi connectivity index (χ2v) is 5.86. The van der Waals surface area contributed by atoms with Crippen LogP contribution in [0.25, 0.3) is 0 Å². The van der Waals surface area contributed by atoms with Crippen LogP contribution in [0.2, 0.25) is 0 Å². The first-order valence-corrected chi connectivity index (χ1v) is 7.76. The molecule has 0 aliphatic rings. The fourth-order valence-corrected chi connectivity index (χ4v) is 2.77. The molecule has 0 saturated heterocycles. The van der Waals surface area contributed by atoms with Crippen molar-refractivity contribution < 1.29 is 14.0 Å². The van der Waals surface area contributed by atoms with Crippen molar-refractivity contribution in [2.45, 2.75) is 64.9 Å². The average Bonchev–Trinajstić information content (AvgIpc) is 2.28. The molecule has 0 aliphatic heterocycles. The van der Waals surface area contributed by atoms with E-state index >= 15 is 0 Å². The van der Waals surface area contributed by atoms with Crippen LogP contribution in [0, 0.1) is 0 Å². The van der Waals surface area contributed by atoms with Crippen LogP contribution < -0.4 is 0 Å². The predicted molar refractivity (Wildman–Crippen MR) is 68.6 cm³/mol. The molecule has 0 aromatic rings. The van der Waals surface area contributed by atoms with E-state index in [9.17, 15) is 9.46 Å². The monoisotopic (exact) mass is 248 g/mol. The van der Waals surface area contributed by atoms with Crippen molar-refractivity contribution in [2.24, 2.45) is 0 Å². The highest BCUT2D eigenvalue weighted by Gasteiger charge is 2.33. The quantitative estimate of drug-likeness (QED) is 0.483. The van der Waals surface area contributed by atoms with Crippen molar-refractivity contribution in [3.63, 3.8) is 0 Å². The zero-order valence-corrected chi connectivity index (χ0v) is 11.6. The Bertz CT molecular complexity index is 247. The van der Waals surface area contributed by atoms with Crippen molar-refractivity contribution in [1.82, 2.24) is 0 Å². The van der Waals surface area contributed by atoms with Crippen LogP contribution >= 0.6 is 7.60 Å². The molecule has 4 heteroatoms. The average molecular weight is 248 g/mol. The molecule has 16 heavy (non-hydrogen) atoms. The van der Waals surface area contributed by atoms with E-state index in [1.165, 1.54) is 0 Å². The van der Waals surface area contributed by atoms with Gasteiger partial charge in [0, 0.05) is 5.82 Å². The highest BCUT2D eigenvalue weighted by atomic mass is 31.2. The first-order chi connectivity index (χ1) is 7.45. The molecule has 0 saturated carbocycles. The molecule has 1 atom stereocenters. The standard InChI is InChI=1S/C12H25O3P/c1-5-9-10-11-12(6-2,7-3)15-16(13,14)8-4/h8H,4-7,9-11H2,1-3H3,(H,13,14). The Morgan fingerprint density at radius 2 is 1.88 bits per heavy atom. The lowest BCUT2D eigenvalue weighted by atomic mass is 9.91. The van der Waals surface area contributed by atoms with Gasteiger partial charge in [0.2, 0.25) is 0 Å². The molecular weight excluding hydrogens is 223 g/mol. The number of rotatable bonds is 9. The minimum atomic E-state index is -3.61. The summed E-state index contributed by atoms with van der Waals surface area (Å²) in [5.74, 6) is 1.02. The van der Waals surface area contributed by atoms with Gasteiger partial charge in [0.1, 0.15) is 0 Å². The van der Waals surface area contributed by atoms with Gasteiger partial charge >= 0.3 is 7.60 Å². The molecule has 0 spiro atoms. The van der Waals surface area contributed by atoms with Gasteiger partial charge in [0.15, 0.2) is 0 Å². The Kier molecular flexibility index (Phi) is 7.21. The van der Waals surface area contributed by atoms with Crippen molar-refractivity contribution >= 4 is 7.60 Å². The van der Waals surface area contributed by atoms with Crippen LogP contribution in [-0.2, 0) is 9.09 Å². The van der Waals surface area contributed by atoms with E-state index in [1.54, 1.807) is 0 Å². The summed E-state index contributed by atoms with van der Waals surface area (Å²) in [5.41, 5.74) is -0.465. The van der Waals surface area contributed by atoms with Gasteiger partial charge in [0.05, 0.1) is 5.60 Å². The molecule has 1 N–H and O–H groups in total. The van der Waals surface area contributed by atoms with E-state index in [-0.39, 0.29) is 0 Å². The van der Waals surface area contributed by atoms with E-state index in [2.05, 4.69) is 13.5 Å². The van der Waals surface area contributed by atoms with Crippen LogP contribution in [0.4, 0.5) is 0 Å². The van der Waals surface area contributed by atoms with Crippen LogP contribution in [0.15, 0.2) is 12.4 Å². The van der Waals surface area contributed by atoms with Gasteiger partial charge in [-0.2, -0.15) is 0 Å². The second-order valence-electron chi connectivity index (χ2n) is 4.19. The fraction of sp³-hybridized carbons (Fsp3) is 0.833. The summed E-state index contributed by atoms with van der Waals surface area (Å²) < 4.78 is 17.0. The molecule has 0 bridgehead atoms. The highest BCUT2D eigenvalue weighted by Crippen LogP contribution is 2.50. The maximum atomic E-state index is 11.6. The Balaban J connectivity index is 4.55. The van der Waals surface area contributed by atoms with E-state index < -0.39 is 13.2 Å². The van der Waals surface area contributed by atoms with Gasteiger partial charge in [-0.05, 0) is 19.3 Å². The Labute approximate surface area is 99.4 Å². The Morgan fingerprint density at radius 3 is 2.25 bits per heavy atom. The van der Waals surface area contributed by atoms with Crippen molar-refractivity contribution in [3.05, 3.63) is 12.4 Å². The normalized spacial score (nSPS) is 15.8.